The second kappa shape index (κ2) is 14.4. The second-order valence-electron chi connectivity index (χ2n) is 12.6. The summed E-state index contributed by atoms with van der Waals surface area (Å²) in [5, 5.41) is 14.8. The number of amides is 1. The van der Waals surface area contributed by atoms with E-state index in [4.69, 9.17) is 9.47 Å². The van der Waals surface area contributed by atoms with Gasteiger partial charge in [-0.2, -0.15) is 26.3 Å². The van der Waals surface area contributed by atoms with E-state index in [9.17, 15) is 31.6 Å². The zero-order valence-electron chi connectivity index (χ0n) is 27.5. The molecule has 4 rings (SSSR count). The van der Waals surface area contributed by atoms with E-state index in [0.29, 0.717) is 40.8 Å². The normalized spacial score (nSPS) is 14.8. The molecule has 1 aliphatic carbocycles. The van der Waals surface area contributed by atoms with Crippen molar-refractivity contribution < 1.29 is 40.6 Å². The van der Waals surface area contributed by atoms with Crippen molar-refractivity contribution in [1.29, 1.82) is 0 Å². The predicted octanol–water partition coefficient (Wildman–Crippen LogP) is 3.49. The zero-order valence-corrected chi connectivity index (χ0v) is 30.2. The van der Waals surface area contributed by atoms with E-state index < -0.39 is 40.1 Å². The van der Waals surface area contributed by atoms with Crippen LogP contribution in [0.3, 0.4) is 0 Å². The molecule has 2 heterocycles. The number of pyridine rings is 1. The topological polar surface area (TPSA) is 180 Å². The number of carbonyl (C=O) groups is 2. The van der Waals surface area contributed by atoms with Crippen molar-refractivity contribution in [3.63, 3.8) is 0 Å². The summed E-state index contributed by atoms with van der Waals surface area (Å²) < 4.78 is 67.8. The van der Waals surface area contributed by atoms with Gasteiger partial charge in [0, 0.05) is 45.5 Å². The van der Waals surface area contributed by atoms with Gasteiger partial charge in [0.1, 0.15) is 11.4 Å². The van der Waals surface area contributed by atoms with E-state index in [2.05, 4.69) is 19.6 Å². The van der Waals surface area contributed by atoms with Gasteiger partial charge in [0.05, 0.1) is 12.5 Å². The minimum absolute atomic E-state index is 0.00141. The van der Waals surface area contributed by atoms with Crippen LogP contribution in [0, 0.1) is 5.21 Å². The minimum atomic E-state index is -4.92. The maximum absolute atomic E-state index is 14.3. The number of rotatable bonds is 14. The van der Waals surface area contributed by atoms with Gasteiger partial charge in [-0.05, 0) is 55.1 Å². The van der Waals surface area contributed by atoms with Crippen LogP contribution in [0.4, 0.5) is 0 Å². The van der Waals surface area contributed by atoms with Gasteiger partial charge in [0.25, 0.3) is 5.65 Å². The molecule has 17 heteroatoms. The number of carbonyl (C=O) groups excluding carboxylic acids is 2. The molecule has 1 fully saturated rings. The molecule has 0 atom stereocenters. The maximum atomic E-state index is 14.3. The Morgan fingerprint density at radius 3 is 2.26 bits per heavy atom. The summed E-state index contributed by atoms with van der Waals surface area (Å²) in [7, 11) is -7.95. The first-order chi connectivity index (χ1) is 22.1. The Morgan fingerprint density at radius 2 is 1.70 bits per heavy atom. The Morgan fingerprint density at radius 1 is 1.06 bits per heavy atom. The predicted molar refractivity (Wildman–Crippen MR) is 180 cm³/mol. The highest BCUT2D eigenvalue weighted by molar-refractivity contribution is 8.03. The molecule has 1 saturated carbocycles. The summed E-state index contributed by atoms with van der Waals surface area (Å²) in [5.74, 6) is -1.12. The van der Waals surface area contributed by atoms with Crippen LogP contribution in [0.15, 0.2) is 30.3 Å². The van der Waals surface area contributed by atoms with Crippen molar-refractivity contribution in [3.8, 4) is 17.0 Å². The van der Waals surface area contributed by atoms with Gasteiger partial charge in [-0.3, -0.25) is 9.59 Å². The largest absolute Gasteiger partial charge is 0.710 e. The van der Waals surface area contributed by atoms with Crippen molar-refractivity contribution in [2.45, 2.75) is 70.4 Å². The molecule has 0 bridgehead atoms. The number of benzene rings is 1. The highest BCUT2D eigenvalue weighted by atomic mass is 32.3. The molecule has 0 saturated heterocycles. The van der Waals surface area contributed by atoms with Gasteiger partial charge >= 0.3 is 26.3 Å². The molecule has 0 unspecified atom stereocenters. The van der Waals surface area contributed by atoms with E-state index in [0.717, 1.165) is 63.9 Å². The fourth-order valence-corrected chi connectivity index (χ4v) is 9.07. The summed E-state index contributed by atoms with van der Waals surface area (Å²) in [4.78, 5) is 26.2. The maximum Gasteiger partial charge on any atom is 0.323 e. The molecule has 1 aromatic carbocycles. The number of aromatic nitrogens is 2. The average molecular weight is 710 g/mol. The SMILES string of the molecule is CNS(=O)(=O)N(C(=O)c1ccc2c(C3CCCCC3)c(-c3ccc(OC)cc3C=O)n(COCC[Si](C)(C)C)c2[n+]1[O-])S(=O)(=O)NC. The molecule has 2 N–H and O–H groups in total. The van der Waals surface area contributed by atoms with Crippen molar-refractivity contribution in [3.05, 3.63) is 52.4 Å². The molecule has 0 spiro atoms. The van der Waals surface area contributed by atoms with Crippen LogP contribution in [0.5, 0.6) is 5.75 Å². The molecule has 0 radical (unpaired) electrons. The third kappa shape index (κ3) is 7.54. The number of hydrogen-bond acceptors (Lipinski definition) is 9. The summed E-state index contributed by atoms with van der Waals surface area (Å²) in [6.45, 7) is 6.88. The lowest BCUT2D eigenvalue weighted by molar-refractivity contribution is -0.583. The quantitative estimate of drug-likeness (QED) is 0.0833. The van der Waals surface area contributed by atoms with E-state index in [1.807, 2.05) is 9.44 Å². The van der Waals surface area contributed by atoms with Gasteiger partial charge in [0.2, 0.25) is 0 Å². The lowest BCUT2D eigenvalue weighted by Crippen LogP contribution is -2.53. The van der Waals surface area contributed by atoms with Crippen LogP contribution in [0.2, 0.25) is 25.7 Å². The van der Waals surface area contributed by atoms with Crippen LogP contribution in [-0.4, -0.2) is 73.2 Å². The van der Waals surface area contributed by atoms with Crippen molar-refractivity contribution in [1.82, 2.24) is 17.7 Å². The number of aldehydes is 1. The first kappa shape index (κ1) is 36.5. The number of nitrogens with zero attached hydrogens (tertiary/aromatic N) is 3. The van der Waals surface area contributed by atoms with Crippen LogP contribution >= 0.6 is 0 Å². The third-order valence-corrected chi connectivity index (χ3v) is 13.5. The lowest BCUT2D eigenvalue weighted by Gasteiger charge is -2.22. The zero-order chi connectivity index (χ0) is 34.7. The fraction of sp³-hybridized carbons (Fsp3) is 0.500. The number of hydrogen-bond donors (Lipinski definition) is 2. The summed E-state index contributed by atoms with van der Waals surface area (Å²) in [5.41, 5.74) is 1.41. The van der Waals surface area contributed by atoms with Gasteiger partial charge < -0.3 is 14.7 Å². The number of fused-ring (bicyclic) bond motifs is 1. The Kier molecular flexibility index (Phi) is 11.2. The highest BCUT2D eigenvalue weighted by Gasteiger charge is 2.41. The smallest absolute Gasteiger partial charge is 0.323 e. The van der Waals surface area contributed by atoms with Gasteiger partial charge in [-0.25, -0.2) is 9.30 Å². The molecule has 14 nitrogen and oxygen atoms in total. The molecule has 0 aliphatic heterocycles. The van der Waals surface area contributed by atoms with E-state index >= 15 is 0 Å². The number of ether oxygens (including phenoxy) is 2. The van der Waals surface area contributed by atoms with Crippen molar-refractivity contribution in [2.24, 2.45) is 0 Å². The Labute approximate surface area is 277 Å². The second-order valence-corrected chi connectivity index (χ2v) is 21.9. The number of methoxy groups -OCH3 is 1. The molecule has 1 aliphatic rings. The van der Waals surface area contributed by atoms with Crippen LogP contribution in [0.1, 0.15) is 64.4 Å². The molecule has 47 heavy (non-hydrogen) atoms. The van der Waals surface area contributed by atoms with Crippen molar-refractivity contribution in [2.75, 3.05) is 27.8 Å². The minimum Gasteiger partial charge on any atom is -0.710 e. The van der Waals surface area contributed by atoms with Crippen molar-refractivity contribution >= 4 is 51.7 Å². The van der Waals surface area contributed by atoms with Crippen LogP contribution in [0.25, 0.3) is 22.3 Å². The molecule has 2 aromatic heterocycles. The molecular formula is C30H43N5O9S2Si. The Bertz CT molecular complexity index is 1830. The molecule has 1 amide bonds. The van der Waals surface area contributed by atoms with E-state index in [-0.39, 0.29) is 26.7 Å². The van der Waals surface area contributed by atoms with Crippen LogP contribution in [-0.2, 0) is 31.9 Å². The van der Waals surface area contributed by atoms with E-state index in [1.54, 1.807) is 22.8 Å². The molecular weight excluding hydrogens is 667 g/mol. The Balaban J connectivity index is 2.08. The first-order valence-corrected chi connectivity index (χ1v) is 21.9. The lowest BCUT2D eigenvalue weighted by atomic mass is 9.81. The monoisotopic (exact) mass is 709 g/mol. The average Bonchev–Trinajstić information content (AvgIpc) is 3.37. The number of nitrogens with one attached hydrogen (secondary N) is 2. The molecule has 3 aromatic rings. The van der Waals surface area contributed by atoms with Gasteiger partial charge in [0.15, 0.2) is 18.7 Å². The summed E-state index contributed by atoms with van der Waals surface area (Å²) in [6, 6.07) is 8.54. The van der Waals surface area contributed by atoms with Gasteiger partial charge in [-0.15, -0.1) is 0 Å². The highest BCUT2D eigenvalue weighted by Crippen LogP contribution is 2.44. The third-order valence-electron chi connectivity index (χ3n) is 8.34. The van der Waals surface area contributed by atoms with Crippen LogP contribution < -0.4 is 18.9 Å². The standard InChI is InChI=1S/C30H43N5O9S2Si/c1-31-45(39,40)35(46(41,42)32-2)30(37)26-15-14-25-27(21-10-8-7-9-11-21)28(24-13-12-23(43-3)18-22(24)19-36)33(29(25)34(26)38)20-44-16-17-47(4,5)6/h12-15,18-19,21,31-32H,7-11,16-17,20H2,1-6H3. The Hall–Kier alpha value is -3.35. The van der Waals surface area contributed by atoms with E-state index in [1.165, 1.54) is 13.2 Å². The summed E-state index contributed by atoms with van der Waals surface area (Å²) >= 11 is 0. The summed E-state index contributed by atoms with van der Waals surface area (Å²) in [6.07, 6.45) is 5.33. The first-order valence-electron chi connectivity index (χ1n) is 15.3. The van der Waals surface area contributed by atoms with Gasteiger partial charge in [-0.1, -0.05) is 42.6 Å². The fourth-order valence-electron chi connectivity index (χ4n) is 5.87. The molecule has 258 valence electrons.